The zero-order chi connectivity index (χ0) is 13.7. The van der Waals surface area contributed by atoms with Crippen LogP contribution in [0.1, 0.15) is 23.7 Å². The second-order valence-electron chi connectivity index (χ2n) is 4.29. The number of primary amides is 1. The molecule has 0 bridgehead atoms. The third-order valence-corrected chi connectivity index (χ3v) is 2.81. The Morgan fingerprint density at radius 2 is 1.85 bits per heavy atom. The lowest BCUT2D eigenvalue weighted by Gasteiger charge is -2.12. The molecule has 0 aliphatic rings. The zero-order valence-electron chi connectivity index (χ0n) is 11.3. The Morgan fingerprint density at radius 3 is 2.45 bits per heavy atom. The first kappa shape index (κ1) is 16.1. The van der Waals surface area contributed by atoms with Crippen molar-refractivity contribution in [3.8, 4) is 16.9 Å². The molecule has 0 aromatic heterocycles. The summed E-state index contributed by atoms with van der Waals surface area (Å²) < 4.78 is 5.72. The highest BCUT2D eigenvalue weighted by molar-refractivity contribution is 5.94. The van der Waals surface area contributed by atoms with Crippen molar-refractivity contribution in [1.29, 1.82) is 0 Å². The lowest BCUT2D eigenvalue weighted by molar-refractivity contribution is 0.1000. The Morgan fingerprint density at radius 1 is 1.15 bits per heavy atom. The Balaban J connectivity index is 0.00000200. The number of hydrogen-bond donors (Lipinski definition) is 1. The molecule has 4 heteroatoms. The molecule has 106 valence electrons. The predicted molar refractivity (Wildman–Crippen MR) is 83.4 cm³/mol. The van der Waals surface area contributed by atoms with Gasteiger partial charge in [0.2, 0.25) is 5.91 Å². The summed E-state index contributed by atoms with van der Waals surface area (Å²) in [5.74, 6) is 0.255. The molecule has 3 nitrogen and oxygen atoms in total. The molecule has 2 N–H and O–H groups in total. The minimum Gasteiger partial charge on any atom is -0.493 e. The highest BCUT2D eigenvalue weighted by Crippen LogP contribution is 2.31. The first-order valence-corrected chi connectivity index (χ1v) is 6.34. The molecule has 2 aromatic carbocycles. The molecule has 0 saturated carbocycles. The van der Waals surface area contributed by atoms with E-state index in [-0.39, 0.29) is 12.4 Å². The number of carbonyl (C=O) groups is 1. The van der Waals surface area contributed by atoms with E-state index in [4.69, 9.17) is 10.5 Å². The lowest BCUT2D eigenvalue weighted by atomic mass is 10.0. The number of nitrogens with two attached hydrogens (primary N) is 1. The largest absolute Gasteiger partial charge is 0.493 e. The molecule has 0 radical (unpaired) electrons. The second kappa shape index (κ2) is 7.56. The van der Waals surface area contributed by atoms with E-state index in [9.17, 15) is 4.79 Å². The van der Waals surface area contributed by atoms with Crippen LogP contribution in [-0.4, -0.2) is 12.5 Å². The smallest absolute Gasteiger partial charge is 0.248 e. The van der Waals surface area contributed by atoms with Gasteiger partial charge in [-0.15, -0.1) is 12.4 Å². The molecule has 20 heavy (non-hydrogen) atoms. The molecule has 0 atom stereocenters. The fraction of sp³-hybridized carbons (Fsp3) is 0.188. The summed E-state index contributed by atoms with van der Waals surface area (Å²) in [4.78, 5) is 11.2. The van der Waals surface area contributed by atoms with Gasteiger partial charge in [0.1, 0.15) is 5.75 Å². The van der Waals surface area contributed by atoms with Gasteiger partial charge in [-0.05, 0) is 30.2 Å². The molecule has 0 unspecified atom stereocenters. The van der Waals surface area contributed by atoms with Crippen molar-refractivity contribution in [1.82, 2.24) is 0 Å². The van der Waals surface area contributed by atoms with Crippen LogP contribution in [0, 0.1) is 0 Å². The van der Waals surface area contributed by atoms with Gasteiger partial charge in [-0.1, -0.05) is 37.3 Å². The van der Waals surface area contributed by atoms with Gasteiger partial charge >= 0.3 is 0 Å². The molecule has 2 aromatic rings. The molecule has 0 aliphatic carbocycles. The van der Waals surface area contributed by atoms with E-state index in [1.54, 1.807) is 12.1 Å². The number of carbonyl (C=O) groups excluding carboxylic acids is 1. The van der Waals surface area contributed by atoms with Crippen molar-refractivity contribution in [2.75, 3.05) is 6.61 Å². The third-order valence-electron chi connectivity index (χ3n) is 2.81. The van der Waals surface area contributed by atoms with Crippen LogP contribution >= 0.6 is 12.4 Å². The molecule has 1 amide bonds. The minimum absolute atomic E-state index is 0. The predicted octanol–water partition coefficient (Wildman–Crippen LogP) is 3.66. The van der Waals surface area contributed by atoms with Gasteiger partial charge in [-0.2, -0.15) is 0 Å². The van der Waals surface area contributed by atoms with Gasteiger partial charge in [-0.3, -0.25) is 4.79 Å². The standard InChI is InChI=1S/C16H17NO2.ClH/c1-2-10-19-15-11-13(16(17)18)8-9-14(15)12-6-4-3-5-7-12;/h3-9,11H,2,10H2,1H3,(H2,17,18);1H. The first-order valence-electron chi connectivity index (χ1n) is 6.34. The highest BCUT2D eigenvalue weighted by atomic mass is 35.5. The maximum atomic E-state index is 11.2. The maximum Gasteiger partial charge on any atom is 0.248 e. The molecule has 0 fully saturated rings. The van der Waals surface area contributed by atoms with Gasteiger partial charge in [0.05, 0.1) is 6.61 Å². The SMILES string of the molecule is CCCOc1cc(C(N)=O)ccc1-c1ccccc1.Cl. The van der Waals surface area contributed by atoms with E-state index in [0.29, 0.717) is 17.9 Å². The quantitative estimate of drug-likeness (QED) is 0.914. The molecule has 0 aliphatic heterocycles. The summed E-state index contributed by atoms with van der Waals surface area (Å²) in [6, 6.07) is 15.2. The molecule has 2 rings (SSSR count). The van der Waals surface area contributed by atoms with Gasteiger partial charge in [0, 0.05) is 11.1 Å². The number of ether oxygens (including phenoxy) is 1. The fourth-order valence-corrected chi connectivity index (χ4v) is 1.86. The van der Waals surface area contributed by atoms with Crippen LogP contribution in [0.4, 0.5) is 0 Å². The summed E-state index contributed by atoms with van der Waals surface area (Å²) in [5, 5.41) is 0. The number of hydrogen-bond acceptors (Lipinski definition) is 2. The van der Waals surface area contributed by atoms with Crippen molar-refractivity contribution >= 4 is 18.3 Å². The third kappa shape index (κ3) is 3.75. The van der Waals surface area contributed by atoms with E-state index in [1.807, 2.05) is 43.3 Å². The van der Waals surface area contributed by atoms with Crippen molar-refractivity contribution < 1.29 is 9.53 Å². The monoisotopic (exact) mass is 291 g/mol. The van der Waals surface area contributed by atoms with Crippen molar-refractivity contribution in [3.05, 3.63) is 54.1 Å². The van der Waals surface area contributed by atoms with E-state index >= 15 is 0 Å². The van der Waals surface area contributed by atoms with Crippen molar-refractivity contribution in [2.45, 2.75) is 13.3 Å². The van der Waals surface area contributed by atoms with Gasteiger partial charge in [0.15, 0.2) is 0 Å². The van der Waals surface area contributed by atoms with E-state index in [2.05, 4.69) is 0 Å². The van der Waals surface area contributed by atoms with Crippen LogP contribution in [0.15, 0.2) is 48.5 Å². The second-order valence-corrected chi connectivity index (χ2v) is 4.29. The number of amides is 1. The van der Waals surface area contributed by atoms with Gasteiger partial charge < -0.3 is 10.5 Å². The summed E-state index contributed by atoms with van der Waals surface area (Å²) in [6.07, 6.45) is 0.912. The Bertz CT molecular complexity index is 570. The topological polar surface area (TPSA) is 52.3 Å². The maximum absolute atomic E-state index is 11.2. The summed E-state index contributed by atoms with van der Waals surface area (Å²) in [6.45, 7) is 2.65. The Hall–Kier alpha value is -2.00. The van der Waals surface area contributed by atoms with Crippen LogP contribution in [0.2, 0.25) is 0 Å². The van der Waals surface area contributed by atoms with Crippen LogP contribution in [0.25, 0.3) is 11.1 Å². The minimum atomic E-state index is -0.444. The summed E-state index contributed by atoms with van der Waals surface area (Å²) >= 11 is 0. The van der Waals surface area contributed by atoms with Crippen molar-refractivity contribution in [3.63, 3.8) is 0 Å². The Labute approximate surface area is 125 Å². The summed E-state index contributed by atoms with van der Waals surface area (Å²) in [5.41, 5.74) is 7.80. The average molecular weight is 292 g/mol. The van der Waals surface area contributed by atoms with Crippen LogP contribution in [0.3, 0.4) is 0 Å². The lowest BCUT2D eigenvalue weighted by Crippen LogP contribution is -2.11. The molecule has 0 heterocycles. The number of benzene rings is 2. The van der Waals surface area contributed by atoms with Gasteiger partial charge in [0.25, 0.3) is 0 Å². The molecular formula is C16H18ClNO2. The first-order chi connectivity index (χ1) is 9.22. The number of halogens is 1. The molecule has 0 saturated heterocycles. The average Bonchev–Trinajstić information content (AvgIpc) is 2.45. The fourth-order valence-electron chi connectivity index (χ4n) is 1.86. The summed E-state index contributed by atoms with van der Waals surface area (Å²) in [7, 11) is 0. The van der Waals surface area contributed by atoms with Crippen LogP contribution < -0.4 is 10.5 Å². The Kier molecular flexibility index (Phi) is 6.07. The molecular weight excluding hydrogens is 274 g/mol. The van der Waals surface area contributed by atoms with Gasteiger partial charge in [-0.25, -0.2) is 0 Å². The van der Waals surface area contributed by atoms with E-state index < -0.39 is 5.91 Å². The van der Waals surface area contributed by atoms with Crippen LogP contribution in [-0.2, 0) is 0 Å². The van der Waals surface area contributed by atoms with E-state index in [0.717, 1.165) is 17.5 Å². The molecule has 0 spiro atoms. The highest BCUT2D eigenvalue weighted by Gasteiger charge is 2.09. The van der Waals surface area contributed by atoms with Crippen LogP contribution in [0.5, 0.6) is 5.75 Å². The van der Waals surface area contributed by atoms with E-state index in [1.165, 1.54) is 0 Å². The number of rotatable bonds is 5. The normalized spacial score (nSPS) is 9.65. The van der Waals surface area contributed by atoms with Crippen molar-refractivity contribution in [2.24, 2.45) is 5.73 Å². The zero-order valence-corrected chi connectivity index (χ0v) is 12.2.